The van der Waals surface area contributed by atoms with E-state index in [1.807, 2.05) is 0 Å². The van der Waals surface area contributed by atoms with Gasteiger partial charge in [0, 0.05) is 0 Å². The Morgan fingerprint density at radius 2 is 1.64 bits per heavy atom. The van der Waals surface area contributed by atoms with Gasteiger partial charge in [-0.1, -0.05) is 23.7 Å². The van der Waals surface area contributed by atoms with E-state index >= 15 is 0 Å². The normalized spacial score (nSPS) is 26.3. The molecule has 5 heteroatoms. The summed E-state index contributed by atoms with van der Waals surface area (Å²) in [5.41, 5.74) is -0.377. The number of halogens is 4. The molecular formula is C9H6ClF3O. The lowest BCUT2D eigenvalue weighted by molar-refractivity contribution is -0.137. The highest BCUT2D eigenvalue weighted by Gasteiger charge is 2.39. The molecule has 0 amide bonds. The van der Waals surface area contributed by atoms with Crippen LogP contribution < -0.4 is 0 Å². The van der Waals surface area contributed by atoms with E-state index in [4.69, 9.17) is 16.3 Å². The van der Waals surface area contributed by atoms with Gasteiger partial charge in [0.05, 0.1) is 5.56 Å². The van der Waals surface area contributed by atoms with Gasteiger partial charge in [0.2, 0.25) is 0 Å². The topological polar surface area (TPSA) is 12.5 Å². The highest BCUT2D eigenvalue weighted by molar-refractivity contribution is 6.21. The highest BCUT2D eigenvalue weighted by atomic mass is 35.5. The first-order chi connectivity index (χ1) is 6.48. The summed E-state index contributed by atoms with van der Waals surface area (Å²) in [6.45, 7) is 0. The minimum absolute atomic E-state index is 0.251. The third-order valence-corrected chi connectivity index (χ3v) is 2.34. The molecule has 1 aliphatic rings. The van der Waals surface area contributed by atoms with Crippen LogP contribution in [0.1, 0.15) is 17.2 Å². The van der Waals surface area contributed by atoms with E-state index in [-0.39, 0.29) is 6.10 Å². The Kier molecular flexibility index (Phi) is 2.20. The molecule has 1 saturated heterocycles. The Morgan fingerprint density at radius 1 is 1.14 bits per heavy atom. The van der Waals surface area contributed by atoms with Crippen molar-refractivity contribution in [3.05, 3.63) is 35.4 Å². The van der Waals surface area contributed by atoms with Gasteiger partial charge in [0.25, 0.3) is 0 Å². The van der Waals surface area contributed by atoms with Gasteiger partial charge in [-0.25, -0.2) is 0 Å². The molecular weight excluding hydrogens is 217 g/mol. The third kappa shape index (κ3) is 1.86. The lowest BCUT2D eigenvalue weighted by Crippen LogP contribution is -2.04. The van der Waals surface area contributed by atoms with Crippen LogP contribution in [-0.2, 0) is 10.9 Å². The van der Waals surface area contributed by atoms with Crippen LogP contribution in [-0.4, -0.2) is 5.56 Å². The van der Waals surface area contributed by atoms with E-state index in [1.165, 1.54) is 12.1 Å². The summed E-state index contributed by atoms with van der Waals surface area (Å²) >= 11 is 5.57. The summed E-state index contributed by atoms with van der Waals surface area (Å²) in [7, 11) is 0. The van der Waals surface area contributed by atoms with Gasteiger partial charge in [-0.15, -0.1) is 0 Å². The number of benzene rings is 1. The van der Waals surface area contributed by atoms with E-state index in [1.54, 1.807) is 0 Å². The van der Waals surface area contributed by atoms with Gasteiger partial charge in [0.15, 0.2) is 5.56 Å². The number of rotatable bonds is 1. The Bertz CT molecular complexity index is 333. The Labute approximate surface area is 83.4 Å². The second-order valence-corrected chi connectivity index (χ2v) is 3.46. The zero-order valence-electron chi connectivity index (χ0n) is 6.88. The standard InChI is InChI=1S/C9H6ClF3O/c10-8-7(14-8)5-1-3-6(4-2-5)9(11,12)13/h1-4,7-8H. The Morgan fingerprint density at radius 3 is 2.00 bits per heavy atom. The van der Waals surface area contributed by atoms with Crippen molar-refractivity contribution in [3.8, 4) is 0 Å². The van der Waals surface area contributed by atoms with Crippen LogP contribution in [0, 0.1) is 0 Å². The maximum atomic E-state index is 12.2. The molecule has 0 radical (unpaired) electrons. The second-order valence-electron chi connectivity index (χ2n) is 3.03. The molecule has 0 spiro atoms. The molecule has 0 N–H and O–H groups in total. The fraction of sp³-hybridized carbons (Fsp3) is 0.333. The average molecular weight is 223 g/mol. The number of hydrogen-bond acceptors (Lipinski definition) is 1. The summed E-state index contributed by atoms with van der Waals surface area (Å²) < 4.78 is 41.4. The van der Waals surface area contributed by atoms with Crippen LogP contribution in [0.5, 0.6) is 0 Å². The number of hydrogen-bond donors (Lipinski definition) is 0. The number of epoxide rings is 1. The van der Waals surface area contributed by atoms with E-state index in [2.05, 4.69) is 0 Å². The Hall–Kier alpha value is -0.740. The Balaban J connectivity index is 2.18. The molecule has 1 nitrogen and oxygen atoms in total. The van der Waals surface area contributed by atoms with Crippen LogP contribution in [0.15, 0.2) is 24.3 Å². The first-order valence-corrected chi connectivity index (χ1v) is 4.39. The molecule has 1 heterocycles. The summed E-state index contributed by atoms with van der Waals surface area (Å²) in [6, 6.07) is 4.83. The van der Waals surface area contributed by atoms with E-state index in [0.29, 0.717) is 5.56 Å². The molecule has 1 fully saturated rings. The summed E-state index contributed by atoms with van der Waals surface area (Å²) in [6.07, 6.45) is -4.54. The molecule has 0 aliphatic carbocycles. The van der Waals surface area contributed by atoms with Gasteiger partial charge in [-0.3, -0.25) is 0 Å². The molecule has 0 saturated carbocycles. The molecule has 2 rings (SSSR count). The predicted octanol–water partition coefficient (Wildman–Crippen LogP) is 3.34. The fourth-order valence-corrected chi connectivity index (χ4v) is 1.44. The van der Waals surface area contributed by atoms with Crippen molar-refractivity contribution in [2.45, 2.75) is 17.8 Å². The van der Waals surface area contributed by atoms with Crippen molar-refractivity contribution in [2.75, 3.05) is 0 Å². The molecule has 0 aromatic heterocycles. The first kappa shape index (κ1) is 9.80. The van der Waals surface area contributed by atoms with E-state index in [0.717, 1.165) is 12.1 Å². The predicted molar refractivity (Wildman–Crippen MR) is 44.9 cm³/mol. The minimum atomic E-state index is -4.29. The summed E-state index contributed by atoms with van der Waals surface area (Å²) in [5, 5.41) is 0. The first-order valence-electron chi connectivity index (χ1n) is 3.95. The van der Waals surface area contributed by atoms with Crippen LogP contribution in [0.25, 0.3) is 0 Å². The van der Waals surface area contributed by atoms with Gasteiger partial charge >= 0.3 is 6.18 Å². The molecule has 1 aliphatic heterocycles. The third-order valence-electron chi connectivity index (χ3n) is 2.00. The number of ether oxygens (including phenoxy) is 1. The SMILES string of the molecule is FC(F)(F)c1ccc(C2OC2Cl)cc1. The smallest absolute Gasteiger partial charge is 0.347 e. The minimum Gasteiger partial charge on any atom is -0.347 e. The lowest BCUT2D eigenvalue weighted by atomic mass is 10.1. The van der Waals surface area contributed by atoms with E-state index in [9.17, 15) is 13.2 Å². The molecule has 1 aromatic carbocycles. The lowest BCUT2D eigenvalue weighted by Gasteiger charge is -2.06. The molecule has 2 atom stereocenters. The zero-order valence-corrected chi connectivity index (χ0v) is 7.64. The maximum Gasteiger partial charge on any atom is 0.416 e. The van der Waals surface area contributed by atoms with Crippen molar-refractivity contribution in [2.24, 2.45) is 0 Å². The van der Waals surface area contributed by atoms with Crippen LogP contribution in [0.4, 0.5) is 13.2 Å². The summed E-state index contributed by atoms with van der Waals surface area (Å²) in [5.74, 6) is 0. The average Bonchev–Trinajstić information content (AvgIpc) is 2.81. The van der Waals surface area contributed by atoms with Gasteiger partial charge in [0.1, 0.15) is 6.10 Å². The second kappa shape index (κ2) is 3.14. The van der Waals surface area contributed by atoms with Crippen molar-refractivity contribution in [3.63, 3.8) is 0 Å². The molecule has 76 valence electrons. The monoisotopic (exact) mass is 222 g/mol. The largest absolute Gasteiger partial charge is 0.416 e. The quantitative estimate of drug-likeness (QED) is 0.524. The summed E-state index contributed by atoms with van der Waals surface area (Å²) in [4.78, 5) is 0. The molecule has 0 bridgehead atoms. The van der Waals surface area contributed by atoms with Crippen LogP contribution in [0.3, 0.4) is 0 Å². The van der Waals surface area contributed by atoms with Gasteiger partial charge in [-0.05, 0) is 17.7 Å². The van der Waals surface area contributed by atoms with Crippen molar-refractivity contribution in [1.29, 1.82) is 0 Å². The van der Waals surface area contributed by atoms with Gasteiger partial charge in [-0.2, -0.15) is 13.2 Å². The molecule has 2 unspecified atom stereocenters. The highest BCUT2D eigenvalue weighted by Crippen LogP contribution is 2.41. The molecule has 14 heavy (non-hydrogen) atoms. The van der Waals surface area contributed by atoms with Crippen LogP contribution in [0.2, 0.25) is 0 Å². The number of alkyl halides is 4. The van der Waals surface area contributed by atoms with Crippen molar-refractivity contribution >= 4 is 11.6 Å². The fourth-order valence-electron chi connectivity index (χ4n) is 1.19. The van der Waals surface area contributed by atoms with E-state index < -0.39 is 17.3 Å². The maximum absolute atomic E-state index is 12.2. The van der Waals surface area contributed by atoms with Crippen LogP contribution >= 0.6 is 11.6 Å². The molecule has 1 aromatic rings. The van der Waals surface area contributed by atoms with Crippen molar-refractivity contribution < 1.29 is 17.9 Å². The van der Waals surface area contributed by atoms with Crippen molar-refractivity contribution in [1.82, 2.24) is 0 Å². The zero-order chi connectivity index (χ0) is 10.3. The van der Waals surface area contributed by atoms with Gasteiger partial charge < -0.3 is 4.74 Å².